The molecule has 6 nitrogen and oxygen atoms in total. The van der Waals surface area contributed by atoms with Gasteiger partial charge in [0.25, 0.3) is 0 Å². The zero-order valence-electron chi connectivity index (χ0n) is 15.5. The quantitative estimate of drug-likeness (QED) is 0.588. The lowest BCUT2D eigenvalue weighted by molar-refractivity contribution is 0.0434. The van der Waals surface area contributed by atoms with E-state index in [-0.39, 0.29) is 6.54 Å². The molecule has 1 aliphatic heterocycles. The number of aliphatic hydroxyl groups is 1. The van der Waals surface area contributed by atoms with Crippen molar-refractivity contribution in [2.24, 2.45) is 4.99 Å². The van der Waals surface area contributed by atoms with Gasteiger partial charge in [0.1, 0.15) is 11.4 Å². The number of nitrogens with one attached hydrogen (secondary N) is 1. The predicted molar refractivity (Wildman–Crippen MR) is 97.2 cm³/mol. The molecule has 1 fully saturated rings. The van der Waals surface area contributed by atoms with Crippen LogP contribution >= 0.6 is 0 Å². The SMILES string of the molecule is CCNC(=NCC(C)(O)c1ccco1)N(C)CC1CCCN1CC. The maximum atomic E-state index is 10.6. The molecule has 136 valence electrons. The van der Waals surface area contributed by atoms with Gasteiger partial charge in [-0.2, -0.15) is 0 Å². The van der Waals surface area contributed by atoms with Crippen LogP contribution in [0.25, 0.3) is 0 Å². The van der Waals surface area contributed by atoms with Gasteiger partial charge in [-0.15, -0.1) is 0 Å². The van der Waals surface area contributed by atoms with E-state index < -0.39 is 5.60 Å². The Morgan fingerprint density at radius 3 is 2.96 bits per heavy atom. The van der Waals surface area contributed by atoms with Gasteiger partial charge in [-0.3, -0.25) is 4.90 Å². The second-order valence-corrected chi connectivity index (χ2v) is 6.73. The van der Waals surface area contributed by atoms with Gasteiger partial charge < -0.3 is 19.7 Å². The average molecular weight is 336 g/mol. The highest BCUT2D eigenvalue weighted by Gasteiger charge is 2.28. The number of nitrogens with zero attached hydrogens (tertiary/aromatic N) is 3. The maximum Gasteiger partial charge on any atom is 0.193 e. The lowest BCUT2D eigenvalue weighted by atomic mass is 10.0. The first kappa shape index (κ1) is 18.8. The summed E-state index contributed by atoms with van der Waals surface area (Å²) in [6.45, 7) is 10.3. The largest absolute Gasteiger partial charge is 0.466 e. The maximum absolute atomic E-state index is 10.6. The summed E-state index contributed by atoms with van der Waals surface area (Å²) in [5.74, 6) is 1.37. The van der Waals surface area contributed by atoms with E-state index in [1.807, 2.05) is 0 Å². The van der Waals surface area contributed by atoms with Gasteiger partial charge in [0, 0.05) is 26.2 Å². The molecule has 1 saturated heterocycles. The van der Waals surface area contributed by atoms with Crippen molar-refractivity contribution < 1.29 is 9.52 Å². The Bertz CT molecular complexity index is 513. The van der Waals surface area contributed by atoms with Crippen molar-refractivity contribution in [3.63, 3.8) is 0 Å². The summed E-state index contributed by atoms with van der Waals surface area (Å²) >= 11 is 0. The first-order valence-electron chi connectivity index (χ1n) is 8.97. The molecule has 0 spiro atoms. The number of likely N-dealkylation sites (N-methyl/N-ethyl adjacent to an activating group) is 2. The van der Waals surface area contributed by atoms with Crippen molar-refractivity contribution in [1.82, 2.24) is 15.1 Å². The first-order chi connectivity index (χ1) is 11.5. The number of furan rings is 1. The van der Waals surface area contributed by atoms with Crippen LogP contribution in [0.15, 0.2) is 27.8 Å². The van der Waals surface area contributed by atoms with E-state index in [1.165, 1.54) is 19.4 Å². The molecule has 2 atom stereocenters. The summed E-state index contributed by atoms with van der Waals surface area (Å²) in [4.78, 5) is 9.33. The molecule has 1 aromatic rings. The minimum Gasteiger partial charge on any atom is -0.466 e. The third kappa shape index (κ3) is 4.74. The zero-order chi connectivity index (χ0) is 17.6. The minimum absolute atomic E-state index is 0.259. The van der Waals surface area contributed by atoms with Crippen LogP contribution in [-0.4, -0.2) is 66.7 Å². The Morgan fingerprint density at radius 2 is 2.33 bits per heavy atom. The lowest BCUT2D eigenvalue weighted by Crippen LogP contribution is -2.46. The van der Waals surface area contributed by atoms with Crippen LogP contribution in [0.1, 0.15) is 39.4 Å². The van der Waals surface area contributed by atoms with Gasteiger partial charge in [0.2, 0.25) is 0 Å². The molecular weight excluding hydrogens is 304 g/mol. The number of likely N-dealkylation sites (tertiary alicyclic amines) is 1. The Kier molecular flexibility index (Phi) is 6.69. The number of hydrogen-bond acceptors (Lipinski definition) is 4. The Hall–Kier alpha value is -1.53. The standard InChI is InChI=1S/C18H32N4O2/c1-5-19-17(20-14-18(3,23)16-10-8-12-24-16)21(4)13-15-9-7-11-22(15)6-2/h8,10,12,15,23H,5-7,9,11,13-14H2,1-4H3,(H,19,20). The first-order valence-corrected chi connectivity index (χ1v) is 8.97. The van der Waals surface area contributed by atoms with Crippen molar-refractivity contribution in [2.45, 2.75) is 45.3 Å². The number of hydrogen-bond donors (Lipinski definition) is 2. The van der Waals surface area contributed by atoms with Crippen LogP contribution in [0, 0.1) is 0 Å². The Balaban J connectivity index is 2.01. The lowest BCUT2D eigenvalue weighted by Gasteiger charge is -2.30. The van der Waals surface area contributed by atoms with Crippen molar-refractivity contribution in [2.75, 3.05) is 39.8 Å². The fourth-order valence-electron chi connectivity index (χ4n) is 3.28. The molecule has 2 unspecified atom stereocenters. The predicted octanol–water partition coefficient (Wildman–Crippen LogP) is 1.87. The summed E-state index contributed by atoms with van der Waals surface area (Å²) in [5, 5.41) is 13.9. The second kappa shape index (κ2) is 8.53. The van der Waals surface area contributed by atoms with Crippen molar-refractivity contribution in [3.8, 4) is 0 Å². The molecule has 0 radical (unpaired) electrons. The molecule has 0 amide bonds. The summed E-state index contributed by atoms with van der Waals surface area (Å²) in [7, 11) is 2.06. The molecule has 6 heteroatoms. The van der Waals surface area contributed by atoms with Crippen molar-refractivity contribution in [3.05, 3.63) is 24.2 Å². The van der Waals surface area contributed by atoms with Gasteiger partial charge in [0.15, 0.2) is 5.96 Å². The molecule has 0 bridgehead atoms. The van der Waals surface area contributed by atoms with Crippen LogP contribution in [0.3, 0.4) is 0 Å². The molecular formula is C18H32N4O2. The smallest absolute Gasteiger partial charge is 0.193 e. The fraction of sp³-hybridized carbons (Fsp3) is 0.722. The van der Waals surface area contributed by atoms with E-state index in [9.17, 15) is 5.11 Å². The number of guanidine groups is 1. The highest BCUT2D eigenvalue weighted by molar-refractivity contribution is 5.79. The topological polar surface area (TPSA) is 64.2 Å². The highest BCUT2D eigenvalue weighted by Crippen LogP contribution is 2.21. The minimum atomic E-state index is -1.10. The van der Waals surface area contributed by atoms with Crippen LogP contribution < -0.4 is 5.32 Å². The van der Waals surface area contributed by atoms with Gasteiger partial charge in [-0.1, -0.05) is 6.92 Å². The molecule has 0 aliphatic carbocycles. The van der Waals surface area contributed by atoms with Crippen molar-refractivity contribution >= 4 is 5.96 Å². The molecule has 0 saturated carbocycles. The highest BCUT2D eigenvalue weighted by atomic mass is 16.4. The van der Waals surface area contributed by atoms with Gasteiger partial charge in [-0.25, -0.2) is 4.99 Å². The molecule has 2 N–H and O–H groups in total. The monoisotopic (exact) mass is 336 g/mol. The zero-order valence-corrected chi connectivity index (χ0v) is 15.5. The summed E-state index contributed by atoms with van der Waals surface area (Å²) in [6, 6.07) is 4.14. The fourth-order valence-corrected chi connectivity index (χ4v) is 3.28. The van der Waals surface area contributed by atoms with Gasteiger partial charge in [-0.05, 0) is 51.9 Å². The normalized spacial score (nSPS) is 21.7. The molecule has 1 aliphatic rings. The summed E-state index contributed by atoms with van der Waals surface area (Å²) in [5.41, 5.74) is -1.10. The van der Waals surface area contributed by atoms with Crippen LogP contribution in [0.4, 0.5) is 0 Å². The van der Waals surface area contributed by atoms with E-state index >= 15 is 0 Å². The van der Waals surface area contributed by atoms with Crippen molar-refractivity contribution in [1.29, 1.82) is 0 Å². The average Bonchev–Trinajstić information content (AvgIpc) is 3.22. The Labute approximate surface area is 145 Å². The second-order valence-electron chi connectivity index (χ2n) is 6.73. The van der Waals surface area contributed by atoms with Crippen LogP contribution in [0.2, 0.25) is 0 Å². The number of aliphatic imine (C=N–C) groups is 1. The molecule has 1 aromatic heterocycles. The van der Waals surface area contributed by atoms with E-state index in [1.54, 1.807) is 25.3 Å². The molecule has 2 heterocycles. The number of rotatable bonds is 7. The third-order valence-corrected chi connectivity index (χ3v) is 4.68. The third-order valence-electron chi connectivity index (χ3n) is 4.68. The van der Waals surface area contributed by atoms with E-state index in [2.05, 4.69) is 41.0 Å². The van der Waals surface area contributed by atoms with Gasteiger partial charge >= 0.3 is 0 Å². The molecule has 2 rings (SSSR count). The summed E-state index contributed by atoms with van der Waals surface area (Å²) < 4.78 is 5.33. The van der Waals surface area contributed by atoms with Crippen LogP contribution in [-0.2, 0) is 5.60 Å². The van der Waals surface area contributed by atoms with E-state index in [0.29, 0.717) is 11.8 Å². The van der Waals surface area contributed by atoms with Gasteiger partial charge in [0.05, 0.1) is 12.8 Å². The molecule has 0 aromatic carbocycles. The van der Waals surface area contributed by atoms with E-state index in [4.69, 9.17) is 4.42 Å². The van der Waals surface area contributed by atoms with E-state index in [0.717, 1.165) is 25.6 Å². The molecule has 24 heavy (non-hydrogen) atoms. The summed E-state index contributed by atoms with van der Waals surface area (Å²) in [6.07, 6.45) is 4.08. The van der Waals surface area contributed by atoms with Crippen LogP contribution in [0.5, 0.6) is 0 Å². The Morgan fingerprint density at radius 1 is 1.54 bits per heavy atom.